The first kappa shape index (κ1) is 86.0. The zero-order chi connectivity index (χ0) is 79.7. The molecule has 30 heteroatoms. The van der Waals surface area contributed by atoms with Gasteiger partial charge in [0.1, 0.15) is 78.2 Å². The van der Waals surface area contributed by atoms with Crippen LogP contribution in [0.4, 0.5) is 22.0 Å². The highest BCUT2D eigenvalue weighted by Gasteiger charge is 2.58. The van der Waals surface area contributed by atoms with Crippen molar-refractivity contribution in [1.29, 1.82) is 0 Å². The first-order valence-corrected chi connectivity index (χ1v) is 40.7. The van der Waals surface area contributed by atoms with E-state index in [0.29, 0.717) is 76.8 Å². The Bertz CT molecular complexity index is 3280. The van der Waals surface area contributed by atoms with Crippen LogP contribution in [0.2, 0.25) is 0 Å². The van der Waals surface area contributed by atoms with E-state index in [9.17, 15) is 18.0 Å². The Labute approximate surface area is 640 Å². The molecule has 5 aliphatic heterocycles. The number of amides is 12. The Hall–Kier alpha value is -7.01. The van der Waals surface area contributed by atoms with Gasteiger partial charge >= 0.3 is 6.18 Å². The van der Waals surface area contributed by atoms with Crippen LogP contribution < -0.4 is 10.6 Å². The van der Waals surface area contributed by atoms with Crippen molar-refractivity contribution in [2.45, 2.75) is 293 Å². The third-order valence-corrected chi connectivity index (χ3v) is 26.2. The molecule has 612 valence electrons. The number of halogens is 5. The number of alkyl halides is 5. The molecule has 4 saturated carbocycles. The Morgan fingerprint density at radius 1 is 0.615 bits per heavy atom. The maximum Gasteiger partial charge on any atom is 0.397 e. The first-order chi connectivity index (χ1) is 51.7. The second-order valence-corrected chi connectivity index (χ2v) is 33.3. The lowest BCUT2D eigenvalue weighted by Gasteiger charge is -2.51. The van der Waals surface area contributed by atoms with Gasteiger partial charge in [-0.25, -0.2) is 8.78 Å². The molecule has 13 atom stereocenters. The third kappa shape index (κ3) is 19.4. The normalized spacial score (nSPS) is 33.6. The number of carbonyl (C=O) groups is 12. The fourth-order valence-corrected chi connectivity index (χ4v) is 19.0. The van der Waals surface area contributed by atoms with Crippen LogP contribution in [0.25, 0.3) is 0 Å². The van der Waals surface area contributed by atoms with Crippen molar-refractivity contribution in [3.8, 4) is 0 Å². The minimum atomic E-state index is -5.17. The highest BCUT2D eigenvalue weighted by Crippen LogP contribution is 2.46. The number of ether oxygens (including phenoxy) is 1. The molecule has 9 rings (SSSR count). The smallest absolute Gasteiger partial charge is 0.377 e. The predicted molar refractivity (Wildman–Crippen MR) is 395 cm³/mol. The van der Waals surface area contributed by atoms with E-state index >= 15 is 61.5 Å². The highest BCUT2D eigenvalue weighted by molar-refractivity contribution is 6.01. The topological polar surface area (TPSA) is 271 Å². The maximum absolute atomic E-state index is 15.9. The van der Waals surface area contributed by atoms with Crippen molar-refractivity contribution in [2.75, 3.05) is 88.2 Å². The lowest BCUT2D eigenvalue weighted by molar-refractivity contribution is -0.219. The number of rotatable bonds is 13. The summed E-state index contributed by atoms with van der Waals surface area (Å²) < 4.78 is 79.3. The van der Waals surface area contributed by atoms with Gasteiger partial charge in [-0.3, -0.25) is 57.5 Å². The molecule has 8 fully saturated rings. The molecule has 9 aliphatic rings. The first-order valence-electron chi connectivity index (χ1n) is 40.7. The molecule has 1 spiro atoms. The molecule has 2 unspecified atom stereocenters. The second-order valence-electron chi connectivity index (χ2n) is 33.3. The number of likely N-dealkylation sites (N-methyl/N-ethyl adjacent to an activating group) is 6. The number of nitrogens with zero attached hydrogens (tertiary/aromatic N) is 10. The van der Waals surface area contributed by atoms with Gasteiger partial charge in [-0.1, -0.05) is 91.2 Å². The van der Waals surface area contributed by atoms with E-state index in [1.807, 2.05) is 19.9 Å². The van der Waals surface area contributed by atoms with Gasteiger partial charge in [0, 0.05) is 88.0 Å². The number of hydrogen-bond acceptors (Lipinski definition) is 13. The number of carbonyl (C=O) groups excluding carboxylic acids is 12. The summed E-state index contributed by atoms with van der Waals surface area (Å²) in [5.74, 6) is -12.2. The molecule has 0 aromatic carbocycles. The van der Waals surface area contributed by atoms with Crippen LogP contribution in [0, 0.1) is 35.5 Å². The molecule has 109 heavy (non-hydrogen) atoms. The van der Waals surface area contributed by atoms with E-state index in [1.165, 1.54) is 81.5 Å². The highest BCUT2D eigenvalue weighted by atomic mass is 19.4. The molecule has 2 N–H and O–H groups in total. The van der Waals surface area contributed by atoms with Crippen molar-refractivity contribution >= 4 is 70.9 Å². The molecule has 0 aromatic heterocycles. The summed E-state index contributed by atoms with van der Waals surface area (Å²) in [5.41, 5.74) is -1.59. The zero-order valence-electron chi connectivity index (χ0n) is 66.3. The van der Waals surface area contributed by atoms with Crippen LogP contribution in [0.5, 0.6) is 0 Å². The minimum absolute atomic E-state index is 0.0349. The molecule has 4 saturated heterocycles. The number of hydrogen-bond donors (Lipinski definition) is 2. The molecule has 2 bridgehead atoms. The van der Waals surface area contributed by atoms with Gasteiger partial charge in [-0.2, -0.15) is 13.2 Å². The fourth-order valence-electron chi connectivity index (χ4n) is 19.0. The van der Waals surface area contributed by atoms with Gasteiger partial charge in [0.2, 0.25) is 70.9 Å². The van der Waals surface area contributed by atoms with Crippen molar-refractivity contribution in [3.05, 3.63) is 12.2 Å². The van der Waals surface area contributed by atoms with Crippen LogP contribution in [-0.2, 0) is 62.3 Å². The summed E-state index contributed by atoms with van der Waals surface area (Å²) in [7, 11) is 8.68. The van der Waals surface area contributed by atoms with Crippen molar-refractivity contribution in [2.24, 2.45) is 35.5 Å². The molecular formula is C79H123F5N12O13. The lowest BCUT2D eigenvalue weighted by Crippen LogP contribution is -2.68. The van der Waals surface area contributed by atoms with Gasteiger partial charge in [0.05, 0.1) is 19.1 Å². The second kappa shape index (κ2) is 37.5. The van der Waals surface area contributed by atoms with E-state index in [1.54, 1.807) is 24.8 Å². The molecule has 0 aromatic rings. The van der Waals surface area contributed by atoms with E-state index in [-0.39, 0.29) is 89.9 Å². The van der Waals surface area contributed by atoms with Gasteiger partial charge in [-0.15, -0.1) is 0 Å². The summed E-state index contributed by atoms with van der Waals surface area (Å²) in [6.07, 6.45) is -0.326. The van der Waals surface area contributed by atoms with Gasteiger partial charge < -0.3 is 64.4 Å². The predicted octanol–water partition coefficient (Wildman–Crippen LogP) is 6.97. The summed E-state index contributed by atoms with van der Waals surface area (Å²) in [4.78, 5) is 198. The van der Waals surface area contributed by atoms with Crippen LogP contribution in [0.15, 0.2) is 12.2 Å². The van der Waals surface area contributed by atoms with Crippen molar-refractivity contribution in [3.63, 3.8) is 0 Å². The molecular weight excluding hydrogens is 1420 g/mol. The average molecular weight is 1540 g/mol. The molecule has 25 nitrogen and oxygen atoms in total. The molecule has 12 amide bonds. The molecule has 4 aliphatic carbocycles. The van der Waals surface area contributed by atoms with E-state index in [0.717, 1.165) is 43.4 Å². The Balaban J connectivity index is 1.12. The van der Waals surface area contributed by atoms with E-state index in [4.69, 9.17) is 4.74 Å². The average Bonchev–Trinajstić information content (AvgIpc) is 1.61. The summed E-state index contributed by atoms with van der Waals surface area (Å²) in [5, 5.41) is 5.75. The SMILES string of the molecule is CCC[C@H]1C(=O)N[C@@H]([C@@H](C)CC)C(=O)N2CCC[C@H]2C(=O)N(C)[C@H]2C/C=C\CCN(C2=O)[C@@H](CC2CCC(C)CC2)C(=O)N(C)CC(=O)N[C@@H](CCC2CC(F)C(C(F)(F)F)C(F)C2)C(=O)N2C[C@H](OCC)C[C@H]2C(=O)N(C)C2(CCC2)C(=O)N(C)[C@@H](C2CCCC2)C(=O)N(C)[C@H](C(=O)N2CCCC2)CC(=O)N1C. The van der Waals surface area contributed by atoms with Crippen molar-refractivity contribution < 1.29 is 84.2 Å². The van der Waals surface area contributed by atoms with Crippen LogP contribution in [0.3, 0.4) is 0 Å². The van der Waals surface area contributed by atoms with E-state index in [2.05, 4.69) is 17.6 Å². The van der Waals surface area contributed by atoms with Gasteiger partial charge in [0.25, 0.3) is 0 Å². The van der Waals surface area contributed by atoms with E-state index < -0.39 is 205 Å². The molecule has 0 radical (unpaired) electrons. The van der Waals surface area contributed by atoms with Gasteiger partial charge in [-0.05, 0) is 146 Å². The summed E-state index contributed by atoms with van der Waals surface area (Å²) in [6, 6.07) is -11.4. The summed E-state index contributed by atoms with van der Waals surface area (Å²) in [6.45, 7) is 9.46. The Kier molecular flexibility index (Phi) is 29.6. The number of nitrogens with one attached hydrogen (secondary N) is 2. The van der Waals surface area contributed by atoms with Gasteiger partial charge in [0.15, 0.2) is 0 Å². The maximum atomic E-state index is 15.9. The number of likely N-dealkylation sites (tertiary alicyclic amines) is 1. The fraction of sp³-hybridized carbons (Fsp3) is 0.823. The Morgan fingerprint density at radius 3 is 1.88 bits per heavy atom. The molecule has 5 heterocycles. The lowest BCUT2D eigenvalue weighted by atomic mass is 9.73. The van der Waals surface area contributed by atoms with Crippen LogP contribution in [-0.4, -0.2) is 293 Å². The summed E-state index contributed by atoms with van der Waals surface area (Å²) >= 11 is 0. The Morgan fingerprint density at radius 2 is 1.28 bits per heavy atom. The minimum Gasteiger partial charge on any atom is -0.377 e. The van der Waals surface area contributed by atoms with Crippen molar-refractivity contribution in [1.82, 2.24) is 59.6 Å². The largest absolute Gasteiger partial charge is 0.397 e. The zero-order valence-corrected chi connectivity index (χ0v) is 66.3. The monoisotopic (exact) mass is 1540 g/mol. The van der Waals surface area contributed by atoms with Crippen LogP contribution >= 0.6 is 0 Å². The van der Waals surface area contributed by atoms with Crippen LogP contribution in [0.1, 0.15) is 208 Å². The third-order valence-electron chi connectivity index (χ3n) is 26.2. The quantitative estimate of drug-likeness (QED) is 0.139. The number of fused-ring (bicyclic) bond motifs is 4. The standard InChI is InChI=1S/C79H123F5N12O13/c1-12-24-57-68(99)86-66(49(5)13-2)75(106)94-40-22-28-59(94)71(102)89(8)58-27-16-15-19-39-95(74(58)105)61(43-50-31-29-48(4)30-32-50)70(101)87(6)47-63(97)85-56(34-33-51-41-54(80)65(55(81)42-51)79(82,83)84)69(100)96-46-53(109-14-3)44-62(96)72(103)92(11)78(35-23-36-78)77(108)91(10)67(52-25-17-18-26-52)76(107)90(9)60(45-64(98)88(57)7)73(104)93-37-20-21-38-93/h15-16,48-62,65-67H,12-14,17-47H2,1-11H3,(H,85,97)(H,86,99)/b16-15-/t48?,49-,50?,51?,53+,54?,55?,56-,57-,58-,59-,60-,61-,62-,65?,66-,67-/m0/s1.